The summed E-state index contributed by atoms with van der Waals surface area (Å²) in [5, 5.41) is 9.81. The predicted molar refractivity (Wildman–Crippen MR) is 96.7 cm³/mol. The number of rotatable bonds is 7. The third-order valence-corrected chi connectivity index (χ3v) is 3.31. The van der Waals surface area contributed by atoms with E-state index in [1.165, 1.54) is 25.1 Å². The standard InChI is InChI=1S/C20H18O6/c1-4-10-25-17-9-7-14(12-18(17)24-5-2)6-8-15(21)19-16(22)11-13(3)26-20(19)23/h1,6-9,11-12,22H,5,10H2,2-3H3/b8-6+. The van der Waals surface area contributed by atoms with Crippen molar-refractivity contribution in [3.05, 3.63) is 57.6 Å². The second-order valence-corrected chi connectivity index (χ2v) is 5.23. The molecule has 134 valence electrons. The number of hydrogen-bond donors (Lipinski definition) is 1. The number of terminal acetylenes is 1. The molecule has 0 spiro atoms. The van der Waals surface area contributed by atoms with Crippen molar-refractivity contribution in [1.29, 1.82) is 0 Å². The maximum absolute atomic E-state index is 12.2. The third kappa shape index (κ3) is 4.54. The van der Waals surface area contributed by atoms with E-state index >= 15 is 0 Å². The molecule has 0 saturated heterocycles. The van der Waals surface area contributed by atoms with E-state index in [0.717, 1.165) is 0 Å². The molecular formula is C20H18O6. The Morgan fingerprint density at radius 2 is 2.08 bits per heavy atom. The van der Waals surface area contributed by atoms with Gasteiger partial charge < -0.3 is 19.0 Å². The number of carbonyl (C=O) groups excluding carboxylic acids is 1. The minimum atomic E-state index is -0.884. The summed E-state index contributed by atoms with van der Waals surface area (Å²) < 4.78 is 15.7. The van der Waals surface area contributed by atoms with Gasteiger partial charge in [-0.25, -0.2) is 4.79 Å². The lowest BCUT2D eigenvalue weighted by Crippen LogP contribution is -2.12. The van der Waals surface area contributed by atoms with Gasteiger partial charge in [0.2, 0.25) is 0 Å². The first-order chi connectivity index (χ1) is 12.5. The van der Waals surface area contributed by atoms with Crippen LogP contribution in [0, 0.1) is 19.3 Å². The number of ether oxygens (including phenoxy) is 2. The predicted octanol–water partition coefficient (Wildman–Crippen LogP) is 2.96. The first-order valence-electron chi connectivity index (χ1n) is 7.85. The highest BCUT2D eigenvalue weighted by atomic mass is 16.5. The molecule has 6 nitrogen and oxygen atoms in total. The average molecular weight is 354 g/mol. The summed E-state index contributed by atoms with van der Waals surface area (Å²) in [4.78, 5) is 24.0. The largest absolute Gasteiger partial charge is 0.507 e. The van der Waals surface area contributed by atoms with Crippen LogP contribution in [0.25, 0.3) is 6.08 Å². The fourth-order valence-electron chi connectivity index (χ4n) is 2.21. The Hall–Kier alpha value is -3.46. The number of aromatic hydroxyl groups is 1. The zero-order chi connectivity index (χ0) is 19.1. The van der Waals surface area contributed by atoms with E-state index < -0.39 is 22.7 Å². The smallest absolute Gasteiger partial charge is 0.351 e. The highest BCUT2D eigenvalue weighted by Crippen LogP contribution is 2.29. The van der Waals surface area contributed by atoms with Crippen LogP contribution in [0.5, 0.6) is 17.2 Å². The Morgan fingerprint density at radius 3 is 2.73 bits per heavy atom. The number of carbonyl (C=O) groups is 1. The van der Waals surface area contributed by atoms with Crippen LogP contribution < -0.4 is 15.1 Å². The van der Waals surface area contributed by atoms with Gasteiger partial charge in [-0.2, -0.15) is 0 Å². The third-order valence-electron chi connectivity index (χ3n) is 3.31. The molecule has 1 N–H and O–H groups in total. The number of ketones is 1. The van der Waals surface area contributed by atoms with Crippen LogP contribution in [0.15, 0.2) is 39.6 Å². The lowest BCUT2D eigenvalue weighted by atomic mass is 10.1. The maximum atomic E-state index is 12.2. The van der Waals surface area contributed by atoms with E-state index in [4.69, 9.17) is 20.3 Å². The van der Waals surface area contributed by atoms with Crippen molar-refractivity contribution in [2.75, 3.05) is 13.2 Å². The average Bonchev–Trinajstić information content (AvgIpc) is 2.58. The molecule has 0 saturated carbocycles. The van der Waals surface area contributed by atoms with Gasteiger partial charge >= 0.3 is 5.63 Å². The Kier molecular flexibility index (Phi) is 6.23. The molecule has 0 radical (unpaired) electrons. The molecule has 0 aliphatic rings. The van der Waals surface area contributed by atoms with Crippen molar-refractivity contribution in [3.63, 3.8) is 0 Å². The van der Waals surface area contributed by atoms with Crippen molar-refractivity contribution in [2.24, 2.45) is 0 Å². The normalized spacial score (nSPS) is 10.5. The molecule has 1 heterocycles. The second kappa shape index (κ2) is 8.58. The molecule has 0 aliphatic carbocycles. The highest BCUT2D eigenvalue weighted by molar-refractivity contribution is 6.08. The summed E-state index contributed by atoms with van der Waals surface area (Å²) in [7, 11) is 0. The van der Waals surface area contributed by atoms with Crippen molar-refractivity contribution in [1.82, 2.24) is 0 Å². The molecule has 0 aliphatic heterocycles. The van der Waals surface area contributed by atoms with Gasteiger partial charge in [-0.1, -0.05) is 18.1 Å². The van der Waals surface area contributed by atoms with E-state index in [-0.39, 0.29) is 12.4 Å². The second-order valence-electron chi connectivity index (χ2n) is 5.23. The van der Waals surface area contributed by atoms with Crippen molar-refractivity contribution < 1.29 is 23.8 Å². The Labute approximate surface area is 150 Å². The Morgan fingerprint density at radius 1 is 1.31 bits per heavy atom. The van der Waals surface area contributed by atoms with Gasteiger partial charge in [0, 0.05) is 6.07 Å². The molecule has 0 bridgehead atoms. The summed E-state index contributed by atoms with van der Waals surface area (Å²) in [5.74, 6) is 2.49. The molecule has 6 heteroatoms. The summed E-state index contributed by atoms with van der Waals surface area (Å²) >= 11 is 0. The molecule has 0 fully saturated rings. The first kappa shape index (κ1) is 18.9. The molecule has 0 amide bonds. The van der Waals surface area contributed by atoms with Crippen LogP contribution in [0.3, 0.4) is 0 Å². The van der Waals surface area contributed by atoms with E-state index in [9.17, 15) is 14.7 Å². The van der Waals surface area contributed by atoms with Crippen LogP contribution in [-0.2, 0) is 0 Å². The van der Waals surface area contributed by atoms with Gasteiger partial charge in [-0.15, -0.1) is 6.42 Å². The van der Waals surface area contributed by atoms with Crippen molar-refractivity contribution >= 4 is 11.9 Å². The van der Waals surface area contributed by atoms with Crippen LogP contribution in [0.1, 0.15) is 28.6 Å². The fourth-order valence-corrected chi connectivity index (χ4v) is 2.21. The zero-order valence-corrected chi connectivity index (χ0v) is 14.4. The minimum absolute atomic E-state index is 0.107. The van der Waals surface area contributed by atoms with Crippen LogP contribution >= 0.6 is 0 Å². The summed E-state index contributed by atoms with van der Waals surface area (Å²) in [6, 6.07) is 6.27. The van der Waals surface area contributed by atoms with E-state index in [1.807, 2.05) is 6.92 Å². The summed E-state index contributed by atoms with van der Waals surface area (Å²) in [5.41, 5.74) is -0.651. The lowest BCUT2D eigenvalue weighted by Gasteiger charge is -2.10. The van der Waals surface area contributed by atoms with Gasteiger partial charge in [-0.05, 0) is 37.6 Å². The van der Waals surface area contributed by atoms with Gasteiger partial charge in [0.15, 0.2) is 17.3 Å². The molecule has 2 rings (SSSR count). The maximum Gasteiger partial charge on any atom is 0.351 e. The van der Waals surface area contributed by atoms with Gasteiger partial charge in [0.25, 0.3) is 0 Å². The molecule has 2 aromatic rings. The van der Waals surface area contributed by atoms with Crippen LogP contribution in [0.2, 0.25) is 0 Å². The number of allylic oxidation sites excluding steroid dienone is 1. The fraction of sp³-hybridized carbons (Fsp3) is 0.200. The van der Waals surface area contributed by atoms with Crippen molar-refractivity contribution in [2.45, 2.75) is 13.8 Å². The van der Waals surface area contributed by atoms with E-state index in [1.54, 1.807) is 18.2 Å². The van der Waals surface area contributed by atoms with Crippen LogP contribution in [-0.4, -0.2) is 24.1 Å². The van der Waals surface area contributed by atoms with Crippen LogP contribution in [0.4, 0.5) is 0 Å². The minimum Gasteiger partial charge on any atom is -0.507 e. The van der Waals surface area contributed by atoms with Gasteiger partial charge in [-0.3, -0.25) is 4.79 Å². The monoisotopic (exact) mass is 354 g/mol. The van der Waals surface area contributed by atoms with Crippen molar-refractivity contribution in [3.8, 4) is 29.6 Å². The Bertz CT molecular complexity index is 930. The SMILES string of the molecule is C#CCOc1ccc(/C=C/C(=O)c2c(O)cc(C)oc2=O)cc1OCC. The van der Waals surface area contributed by atoms with Gasteiger partial charge in [0.1, 0.15) is 23.7 Å². The summed E-state index contributed by atoms with van der Waals surface area (Å²) in [6.07, 6.45) is 7.85. The highest BCUT2D eigenvalue weighted by Gasteiger charge is 2.16. The van der Waals surface area contributed by atoms with E-state index in [2.05, 4.69) is 5.92 Å². The number of aryl methyl sites for hydroxylation is 1. The zero-order valence-electron chi connectivity index (χ0n) is 14.4. The Balaban J connectivity index is 2.27. The summed E-state index contributed by atoms with van der Waals surface area (Å²) in [6.45, 7) is 3.87. The number of benzene rings is 1. The number of hydrogen-bond acceptors (Lipinski definition) is 6. The van der Waals surface area contributed by atoms with Gasteiger partial charge in [0.05, 0.1) is 6.61 Å². The topological polar surface area (TPSA) is 86.0 Å². The molecule has 26 heavy (non-hydrogen) atoms. The quantitative estimate of drug-likeness (QED) is 0.467. The molecule has 1 aromatic heterocycles. The first-order valence-corrected chi connectivity index (χ1v) is 7.85. The molecule has 0 atom stereocenters. The molecule has 0 unspecified atom stereocenters. The van der Waals surface area contributed by atoms with E-state index in [0.29, 0.717) is 23.7 Å². The molecule has 1 aromatic carbocycles. The molecular weight excluding hydrogens is 336 g/mol. The lowest BCUT2D eigenvalue weighted by molar-refractivity contribution is 0.104.